The van der Waals surface area contributed by atoms with Gasteiger partial charge in [0.05, 0.1) is 13.2 Å². The molecular weight excluding hydrogens is 390 g/mol. The van der Waals surface area contributed by atoms with Gasteiger partial charge in [-0.2, -0.15) is 0 Å². The average molecular weight is 422 g/mol. The van der Waals surface area contributed by atoms with Crippen LogP contribution in [-0.4, -0.2) is 64.7 Å². The van der Waals surface area contributed by atoms with Gasteiger partial charge in [-0.1, -0.05) is 18.6 Å². The number of ether oxygens (including phenoxy) is 2. The highest BCUT2D eigenvalue weighted by atomic mass is 32.2. The lowest BCUT2D eigenvalue weighted by Gasteiger charge is -2.26. The van der Waals surface area contributed by atoms with Crippen LogP contribution in [0.15, 0.2) is 24.3 Å². The molecule has 1 aromatic heterocycles. The van der Waals surface area contributed by atoms with Crippen molar-refractivity contribution in [2.45, 2.75) is 32.2 Å². The van der Waals surface area contributed by atoms with Crippen molar-refractivity contribution in [2.24, 2.45) is 0 Å². The fourth-order valence-corrected chi connectivity index (χ4v) is 4.00. The van der Waals surface area contributed by atoms with Crippen LogP contribution < -0.4 is 15.4 Å². The summed E-state index contributed by atoms with van der Waals surface area (Å²) in [7, 11) is 1.63. The van der Waals surface area contributed by atoms with Gasteiger partial charge in [0.1, 0.15) is 5.75 Å². The average Bonchev–Trinajstić information content (AvgIpc) is 3.08. The van der Waals surface area contributed by atoms with E-state index in [9.17, 15) is 4.55 Å². The molecule has 1 aliphatic heterocycles. The Morgan fingerprint density at radius 2 is 1.83 bits per heavy atom. The molecule has 0 bridgehead atoms. The van der Waals surface area contributed by atoms with Crippen LogP contribution in [0.2, 0.25) is 0 Å². The lowest BCUT2D eigenvalue weighted by molar-refractivity contribution is 0.210. The number of hydrogen-bond donors (Lipinski definition) is 2. The minimum absolute atomic E-state index is 0.520. The number of aromatic nitrogens is 2. The maximum absolute atomic E-state index is 11.5. The van der Waals surface area contributed by atoms with Crippen molar-refractivity contribution in [2.75, 3.05) is 57.1 Å². The number of anilines is 2. The van der Waals surface area contributed by atoms with E-state index in [0.717, 1.165) is 18.7 Å². The molecule has 3 rings (SSSR count). The van der Waals surface area contributed by atoms with Crippen LogP contribution in [0, 0.1) is 0 Å². The summed E-state index contributed by atoms with van der Waals surface area (Å²) in [5.74, 6) is 1.96. The van der Waals surface area contributed by atoms with Crippen molar-refractivity contribution in [1.82, 2.24) is 13.6 Å². The minimum atomic E-state index is -1.56. The smallest absolute Gasteiger partial charge is 0.232 e. The number of likely N-dealkylation sites (tertiary alicyclic amines) is 1. The quantitative estimate of drug-likeness (QED) is 0.399. The molecule has 8 nitrogen and oxygen atoms in total. The van der Waals surface area contributed by atoms with Gasteiger partial charge < -0.3 is 24.7 Å². The van der Waals surface area contributed by atoms with E-state index in [1.54, 1.807) is 7.11 Å². The van der Waals surface area contributed by atoms with Crippen molar-refractivity contribution in [3.05, 3.63) is 29.8 Å². The van der Waals surface area contributed by atoms with Crippen LogP contribution in [0.1, 0.15) is 31.2 Å². The van der Waals surface area contributed by atoms with Crippen molar-refractivity contribution in [3.63, 3.8) is 0 Å². The van der Waals surface area contributed by atoms with E-state index < -0.39 is 11.1 Å². The van der Waals surface area contributed by atoms with Crippen LogP contribution >= 0.6 is 11.1 Å². The molecule has 29 heavy (non-hydrogen) atoms. The Morgan fingerprint density at radius 1 is 1.07 bits per heavy atom. The van der Waals surface area contributed by atoms with Gasteiger partial charge in [-0.3, -0.25) is 4.90 Å². The predicted octanol–water partition coefficient (Wildman–Crippen LogP) is 3.13. The van der Waals surface area contributed by atoms with Crippen LogP contribution in [0.5, 0.6) is 5.75 Å². The van der Waals surface area contributed by atoms with Crippen LogP contribution in [0.25, 0.3) is 0 Å². The normalized spacial score (nSPS) is 15.3. The summed E-state index contributed by atoms with van der Waals surface area (Å²) in [6.07, 6.45) is 4.76. The first-order valence-corrected chi connectivity index (χ1v) is 11.3. The lowest BCUT2D eigenvalue weighted by Crippen LogP contribution is -2.29. The van der Waals surface area contributed by atoms with E-state index >= 15 is 0 Å². The molecule has 1 fully saturated rings. The van der Waals surface area contributed by atoms with E-state index in [2.05, 4.69) is 42.5 Å². The number of piperidine rings is 1. The predicted molar refractivity (Wildman–Crippen MR) is 115 cm³/mol. The summed E-state index contributed by atoms with van der Waals surface area (Å²) in [5, 5.41) is 6.25. The summed E-state index contributed by atoms with van der Waals surface area (Å²) in [6.45, 7) is 5.77. The van der Waals surface area contributed by atoms with Gasteiger partial charge in [-0.25, -0.2) is 0 Å². The van der Waals surface area contributed by atoms with Crippen molar-refractivity contribution < 1.29 is 14.0 Å². The molecule has 0 amide bonds. The molecule has 1 aliphatic rings. The molecule has 1 unspecified atom stereocenters. The fourth-order valence-electron chi connectivity index (χ4n) is 3.34. The first kappa shape index (κ1) is 21.8. The van der Waals surface area contributed by atoms with Gasteiger partial charge in [0.2, 0.25) is 11.6 Å². The molecule has 2 N–H and O–H groups in total. The number of nitrogens with zero attached hydrogens (tertiary/aromatic N) is 3. The van der Waals surface area contributed by atoms with Crippen LogP contribution in [0.3, 0.4) is 0 Å². The van der Waals surface area contributed by atoms with Gasteiger partial charge in [0, 0.05) is 35.5 Å². The largest absolute Gasteiger partial charge is 0.546 e. The molecule has 1 aromatic carbocycles. The second-order valence-corrected chi connectivity index (χ2v) is 7.97. The molecule has 0 radical (unpaired) electrons. The third-order valence-corrected chi connectivity index (χ3v) is 5.47. The highest BCUT2D eigenvalue weighted by Gasteiger charge is 2.14. The second-order valence-electron chi connectivity index (χ2n) is 7.14. The molecule has 1 saturated heterocycles. The zero-order valence-corrected chi connectivity index (χ0v) is 17.9. The number of benzene rings is 1. The summed E-state index contributed by atoms with van der Waals surface area (Å²) in [5.41, 5.74) is 1.30. The van der Waals surface area contributed by atoms with Gasteiger partial charge in [0.15, 0.2) is 11.1 Å². The highest BCUT2D eigenvalue weighted by Crippen LogP contribution is 2.22. The first-order chi connectivity index (χ1) is 14.2. The fraction of sp³-hybridized carbons (Fsp3) is 0.600. The summed E-state index contributed by atoms with van der Waals surface area (Å²) in [4.78, 5) is 2.51. The topological polar surface area (TPSA) is 94.6 Å². The number of hydrogen-bond acceptors (Lipinski definition) is 8. The van der Waals surface area contributed by atoms with Gasteiger partial charge in [-0.15, -0.1) is 0 Å². The molecule has 1 atom stereocenters. The van der Waals surface area contributed by atoms with E-state index in [4.69, 9.17) is 9.47 Å². The van der Waals surface area contributed by atoms with Gasteiger partial charge >= 0.3 is 0 Å². The van der Waals surface area contributed by atoms with E-state index in [-0.39, 0.29) is 0 Å². The lowest BCUT2D eigenvalue weighted by atomic mass is 10.1. The third-order valence-electron chi connectivity index (χ3n) is 4.80. The maximum Gasteiger partial charge on any atom is 0.232 e. The summed E-state index contributed by atoms with van der Waals surface area (Å²) < 4.78 is 30.4. The first-order valence-electron chi connectivity index (χ1n) is 10.2. The summed E-state index contributed by atoms with van der Waals surface area (Å²) in [6, 6.07) is 8.36. The SMILES string of the molecule is COCCNc1n[s+]([O-])nc1NCCCOc1cccc(CN2CCCCC2)c1. The summed E-state index contributed by atoms with van der Waals surface area (Å²) >= 11 is -1.56. The van der Waals surface area contributed by atoms with Crippen LogP contribution in [0.4, 0.5) is 11.6 Å². The Morgan fingerprint density at radius 3 is 2.59 bits per heavy atom. The zero-order valence-electron chi connectivity index (χ0n) is 17.1. The Balaban J connectivity index is 1.38. The number of methoxy groups -OCH3 is 1. The highest BCUT2D eigenvalue weighted by molar-refractivity contribution is 7.14. The van der Waals surface area contributed by atoms with Crippen molar-refractivity contribution in [1.29, 1.82) is 0 Å². The Bertz CT molecular complexity index is 737. The van der Waals surface area contributed by atoms with Gasteiger partial charge in [0.25, 0.3) is 0 Å². The van der Waals surface area contributed by atoms with E-state index in [1.807, 2.05) is 6.07 Å². The molecular formula is C20H31N5O3S. The standard InChI is InChI=1S/C20H31N5O3S/c1-27-14-10-22-20-19(23-29(26)24-20)21-9-6-13-28-18-8-5-7-17(15-18)16-25-11-3-2-4-12-25/h5,7-8,15H,2-4,6,9-14,16H2,1H3,(H,21,23)(H,22,24). The molecule has 2 heterocycles. The van der Waals surface area contributed by atoms with E-state index in [0.29, 0.717) is 37.9 Å². The van der Waals surface area contributed by atoms with Crippen molar-refractivity contribution >= 4 is 22.8 Å². The monoisotopic (exact) mass is 421 g/mol. The maximum atomic E-state index is 11.5. The Kier molecular flexibility index (Phi) is 8.94. The zero-order chi connectivity index (χ0) is 20.3. The number of rotatable bonds is 12. The molecule has 0 aliphatic carbocycles. The molecule has 0 spiro atoms. The Labute approximate surface area is 175 Å². The second kappa shape index (κ2) is 11.9. The van der Waals surface area contributed by atoms with Gasteiger partial charge in [-0.05, 0) is 50.0 Å². The van der Waals surface area contributed by atoms with E-state index in [1.165, 1.54) is 37.9 Å². The Hall–Kier alpha value is -1.94. The third kappa shape index (κ3) is 7.43. The molecule has 160 valence electrons. The molecule has 2 aromatic rings. The van der Waals surface area contributed by atoms with Crippen LogP contribution in [-0.2, 0) is 11.3 Å². The molecule has 9 heteroatoms. The number of nitrogens with one attached hydrogen (secondary N) is 2. The van der Waals surface area contributed by atoms with Crippen molar-refractivity contribution in [3.8, 4) is 5.75 Å². The minimum Gasteiger partial charge on any atom is -0.546 e. The molecule has 0 saturated carbocycles.